The third kappa shape index (κ3) is 5.44. The minimum Gasteiger partial charge on any atom is -0.488 e. The maximum Gasteiger partial charge on any atom is 0.432 e. The monoisotopic (exact) mass is 468 g/mol. The number of rotatable bonds is 8. The lowest BCUT2D eigenvalue weighted by Gasteiger charge is -2.28. The van der Waals surface area contributed by atoms with Gasteiger partial charge in [-0.05, 0) is 12.1 Å². The molecule has 0 radical (unpaired) electrons. The molecule has 0 atom stereocenters. The second-order valence-electron chi connectivity index (χ2n) is 7.19. The van der Waals surface area contributed by atoms with Gasteiger partial charge in [0.15, 0.2) is 23.7 Å². The van der Waals surface area contributed by atoms with Crippen LogP contribution in [0.1, 0.15) is 30.8 Å². The van der Waals surface area contributed by atoms with Gasteiger partial charge in [-0.15, -0.1) is 0 Å². The lowest BCUT2D eigenvalue weighted by Crippen LogP contribution is -2.27. The molecule has 0 unspecified atom stereocenters. The molecule has 32 heavy (non-hydrogen) atoms. The molecule has 4 nitrogen and oxygen atoms in total. The van der Waals surface area contributed by atoms with Crippen LogP contribution in [0.4, 0.5) is 30.7 Å². The molecule has 176 valence electrons. The Labute approximate surface area is 178 Å². The first-order chi connectivity index (χ1) is 15.1. The molecular weight excluding hydrogens is 449 g/mol. The van der Waals surface area contributed by atoms with E-state index in [1.165, 1.54) is 0 Å². The summed E-state index contributed by atoms with van der Waals surface area (Å²) in [5, 5.41) is 0. The highest BCUT2D eigenvalue weighted by atomic mass is 19.3. The minimum atomic E-state index is -4.62. The number of ether oxygens (including phenoxy) is 4. The Morgan fingerprint density at radius 2 is 1.50 bits per heavy atom. The van der Waals surface area contributed by atoms with Crippen LogP contribution < -0.4 is 9.47 Å². The van der Waals surface area contributed by atoms with Gasteiger partial charge in [-0.3, -0.25) is 4.39 Å². The first-order valence-electron chi connectivity index (χ1n) is 9.59. The molecule has 1 saturated heterocycles. The van der Waals surface area contributed by atoms with Crippen LogP contribution in [-0.2, 0) is 15.6 Å². The fourth-order valence-electron chi connectivity index (χ4n) is 2.96. The Bertz CT molecular complexity index is 900. The van der Waals surface area contributed by atoms with Crippen molar-refractivity contribution < 1.29 is 49.7 Å². The Balaban J connectivity index is 1.82. The maximum absolute atomic E-state index is 14.5. The molecule has 0 aliphatic carbocycles. The van der Waals surface area contributed by atoms with Crippen molar-refractivity contribution in [1.82, 2.24) is 0 Å². The largest absolute Gasteiger partial charge is 0.488 e. The third-order valence-electron chi connectivity index (χ3n) is 4.43. The molecule has 2 aromatic carbocycles. The Morgan fingerprint density at radius 3 is 2.03 bits per heavy atom. The van der Waals surface area contributed by atoms with Crippen LogP contribution in [0, 0.1) is 29.2 Å². The van der Waals surface area contributed by atoms with Crippen molar-refractivity contribution in [3.8, 4) is 11.5 Å². The van der Waals surface area contributed by atoms with E-state index in [0.717, 1.165) is 0 Å². The van der Waals surface area contributed by atoms with E-state index in [1.807, 2.05) is 6.92 Å². The smallest absolute Gasteiger partial charge is 0.432 e. The van der Waals surface area contributed by atoms with Crippen LogP contribution in [0.2, 0.25) is 0 Å². The second kappa shape index (κ2) is 9.95. The Morgan fingerprint density at radius 1 is 0.938 bits per heavy atom. The van der Waals surface area contributed by atoms with Crippen LogP contribution >= 0.6 is 0 Å². The summed E-state index contributed by atoms with van der Waals surface area (Å²) in [5.41, 5.74) is -1.91. The van der Waals surface area contributed by atoms with Gasteiger partial charge < -0.3 is 18.9 Å². The van der Waals surface area contributed by atoms with Gasteiger partial charge in [-0.25, -0.2) is 17.6 Å². The molecule has 2 aromatic rings. The first-order valence-corrected chi connectivity index (χ1v) is 9.59. The van der Waals surface area contributed by atoms with E-state index in [2.05, 4.69) is 4.74 Å². The van der Waals surface area contributed by atoms with E-state index in [4.69, 9.17) is 14.2 Å². The average molecular weight is 468 g/mol. The normalized spacial score (nSPS) is 19.1. The third-order valence-corrected chi connectivity index (χ3v) is 4.43. The summed E-state index contributed by atoms with van der Waals surface area (Å²) < 4.78 is 117. The second-order valence-corrected chi connectivity index (χ2v) is 7.19. The minimum absolute atomic E-state index is 0.0548. The summed E-state index contributed by atoms with van der Waals surface area (Å²) in [5.74, 6) is -8.06. The molecule has 11 heteroatoms. The number of alkyl halides is 3. The molecule has 1 aliphatic heterocycles. The summed E-state index contributed by atoms with van der Waals surface area (Å²) in [7, 11) is 0. The van der Waals surface area contributed by atoms with E-state index in [9.17, 15) is 30.7 Å². The van der Waals surface area contributed by atoms with Gasteiger partial charge in [-0.1, -0.05) is 6.92 Å². The predicted molar refractivity (Wildman–Crippen MR) is 97.1 cm³/mol. The zero-order valence-electron chi connectivity index (χ0n) is 16.8. The molecule has 1 fully saturated rings. The molecule has 1 aliphatic rings. The number of benzene rings is 2. The summed E-state index contributed by atoms with van der Waals surface area (Å²) >= 11 is 0. The summed E-state index contributed by atoms with van der Waals surface area (Å²) in [6, 6.07) is 1.94. The molecule has 0 bridgehead atoms. The van der Waals surface area contributed by atoms with Crippen molar-refractivity contribution in [2.75, 3.05) is 26.5 Å². The van der Waals surface area contributed by atoms with Gasteiger partial charge in [0.1, 0.15) is 22.9 Å². The van der Waals surface area contributed by atoms with Crippen LogP contribution in [0.5, 0.6) is 11.5 Å². The summed E-state index contributed by atoms with van der Waals surface area (Å²) in [6.07, 6.45) is -5.89. The van der Waals surface area contributed by atoms with Gasteiger partial charge >= 0.3 is 6.11 Å². The van der Waals surface area contributed by atoms with Gasteiger partial charge in [0.25, 0.3) is 0 Å². The lowest BCUT2D eigenvalue weighted by atomic mass is 10.1. The molecule has 0 aromatic heterocycles. The standard InChI is InChI=1S/C21H19F7O4/c1-11-9-30-20(31-10-11)12-5-14(23)18(15(24)6-12)21(27,28)32-13-7-16(25)19(17(26)8-13)29-4-2-3-22/h5-8,11,20H,2-4,9-10H2,1H3. The van der Waals surface area contributed by atoms with E-state index in [0.29, 0.717) is 24.3 Å². The fourth-order valence-corrected chi connectivity index (χ4v) is 2.96. The van der Waals surface area contributed by atoms with Crippen LogP contribution in [0.25, 0.3) is 0 Å². The zero-order chi connectivity index (χ0) is 23.5. The predicted octanol–water partition coefficient (Wildman–Crippen LogP) is 5.79. The maximum atomic E-state index is 14.5. The highest BCUT2D eigenvalue weighted by Crippen LogP contribution is 2.38. The Hall–Kier alpha value is -2.53. The van der Waals surface area contributed by atoms with Gasteiger partial charge in [0.2, 0.25) is 0 Å². The number of hydrogen-bond acceptors (Lipinski definition) is 4. The molecule has 0 N–H and O–H groups in total. The highest BCUT2D eigenvalue weighted by Gasteiger charge is 2.42. The molecule has 3 rings (SSSR count). The van der Waals surface area contributed by atoms with Gasteiger partial charge in [0.05, 0.1) is 26.5 Å². The molecule has 0 spiro atoms. The topological polar surface area (TPSA) is 36.9 Å². The van der Waals surface area contributed by atoms with Crippen molar-refractivity contribution in [2.24, 2.45) is 5.92 Å². The van der Waals surface area contributed by atoms with Crippen LogP contribution in [0.15, 0.2) is 24.3 Å². The van der Waals surface area contributed by atoms with Crippen molar-refractivity contribution in [2.45, 2.75) is 25.7 Å². The van der Waals surface area contributed by atoms with Crippen molar-refractivity contribution in [1.29, 1.82) is 0 Å². The fraction of sp³-hybridized carbons (Fsp3) is 0.429. The van der Waals surface area contributed by atoms with E-state index in [1.54, 1.807) is 0 Å². The van der Waals surface area contributed by atoms with Gasteiger partial charge in [0, 0.05) is 30.0 Å². The van der Waals surface area contributed by atoms with Crippen molar-refractivity contribution >= 4 is 0 Å². The molecule has 0 saturated carbocycles. The van der Waals surface area contributed by atoms with E-state index in [-0.39, 0.29) is 37.7 Å². The van der Waals surface area contributed by atoms with Crippen LogP contribution in [0.3, 0.4) is 0 Å². The molecular formula is C21H19F7O4. The lowest BCUT2D eigenvalue weighted by molar-refractivity contribution is -0.203. The van der Waals surface area contributed by atoms with E-state index < -0.39 is 59.4 Å². The SMILES string of the molecule is CC1COC(c2cc(F)c(C(F)(F)Oc3cc(F)c(OCCCF)c(F)c3)c(F)c2)OC1. The summed E-state index contributed by atoms with van der Waals surface area (Å²) in [4.78, 5) is 0. The Kier molecular flexibility index (Phi) is 7.50. The number of halogens is 7. The van der Waals surface area contributed by atoms with Crippen molar-refractivity contribution in [3.63, 3.8) is 0 Å². The summed E-state index contributed by atoms with van der Waals surface area (Å²) in [6.45, 7) is 1.19. The van der Waals surface area contributed by atoms with Gasteiger partial charge in [-0.2, -0.15) is 8.78 Å². The quantitative estimate of drug-likeness (QED) is 0.363. The highest BCUT2D eigenvalue weighted by molar-refractivity contribution is 5.36. The molecule has 1 heterocycles. The average Bonchev–Trinajstić information content (AvgIpc) is 2.69. The van der Waals surface area contributed by atoms with Crippen molar-refractivity contribution in [3.05, 3.63) is 58.7 Å². The van der Waals surface area contributed by atoms with E-state index >= 15 is 0 Å². The van der Waals surface area contributed by atoms with Crippen LogP contribution in [-0.4, -0.2) is 26.5 Å². The molecule has 0 amide bonds. The zero-order valence-corrected chi connectivity index (χ0v) is 16.8. The number of hydrogen-bond donors (Lipinski definition) is 0. The first kappa shape index (κ1) is 24.1.